The van der Waals surface area contributed by atoms with Gasteiger partial charge in [-0.3, -0.25) is 9.48 Å². The topological polar surface area (TPSA) is 77.6 Å². The van der Waals surface area contributed by atoms with Gasteiger partial charge in [-0.05, 0) is 26.0 Å². The Morgan fingerprint density at radius 2 is 2.17 bits per heavy atom. The van der Waals surface area contributed by atoms with Gasteiger partial charge in [0.05, 0.1) is 5.69 Å². The van der Waals surface area contributed by atoms with Crippen LogP contribution in [0.5, 0.6) is 0 Å². The lowest BCUT2D eigenvalue weighted by molar-refractivity contribution is -0.116. The van der Waals surface area contributed by atoms with E-state index < -0.39 is 0 Å². The van der Waals surface area contributed by atoms with E-state index in [-0.39, 0.29) is 11.8 Å². The summed E-state index contributed by atoms with van der Waals surface area (Å²) in [5, 5.41) is 13.0. The van der Waals surface area contributed by atoms with Gasteiger partial charge in [-0.25, -0.2) is 4.68 Å². The summed E-state index contributed by atoms with van der Waals surface area (Å²) in [7, 11) is 1.89. The van der Waals surface area contributed by atoms with E-state index in [9.17, 15) is 4.79 Å². The lowest BCUT2D eigenvalue weighted by atomic mass is 9.86. The maximum Gasteiger partial charge on any atom is 0.227 e. The zero-order chi connectivity index (χ0) is 16.1. The fraction of sp³-hybridized carbons (Fsp3) is 0.467. The third-order valence-electron chi connectivity index (χ3n) is 4.38. The Kier molecular flexibility index (Phi) is 3.29. The van der Waals surface area contributed by atoms with Crippen LogP contribution in [0.15, 0.2) is 22.6 Å². The lowest BCUT2D eigenvalue weighted by Gasteiger charge is -2.31. The molecule has 7 nitrogen and oxygen atoms in total. The lowest BCUT2D eigenvalue weighted by Crippen LogP contribution is -2.31. The Labute approximate surface area is 138 Å². The molecule has 0 saturated heterocycles. The molecular formula is C15H18N6OS. The Bertz CT molecular complexity index is 833. The number of thioether (sulfide) groups is 1. The number of Topliss-reactive ketones (excluding diaryl/α,β-unsaturated/α-hetero) is 1. The second kappa shape index (κ2) is 5.23. The van der Waals surface area contributed by atoms with E-state index in [0.29, 0.717) is 17.5 Å². The van der Waals surface area contributed by atoms with Crippen LogP contribution in [0.1, 0.15) is 36.6 Å². The number of aryl methyl sites for hydroxylation is 2. The molecule has 0 radical (unpaired) electrons. The third kappa shape index (κ3) is 2.20. The number of aromatic nitrogens is 5. The van der Waals surface area contributed by atoms with Crippen LogP contribution in [0.25, 0.3) is 0 Å². The number of carbonyl (C=O) groups is 1. The van der Waals surface area contributed by atoms with Crippen LogP contribution in [0.4, 0.5) is 5.95 Å². The molecular weight excluding hydrogens is 312 g/mol. The van der Waals surface area contributed by atoms with Gasteiger partial charge in [0.1, 0.15) is 6.04 Å². The van der Waals surface area contributed by atoms with Crippen molar-refractivity contribution in [3.8, 4) is 0 Å². The first-order valence-corrected chi connectivity index (χ1v) is 8.85. The minimum absolute atomic E-state index is 0.193. The van der Waals surface area contributed by atoms with Crippen molar-refractivity contribution in [1.82, 2.24) is 24.5 Å². The third-order valence-corrected chi connectivity index (χ3v) is 4.92. The molecule has 4 rings (SSSR count). The summed E-state index contributed by atoms with van der Waals surface area (Å²) in [6, 6.07) is -0.240. The van der Waals surface area contributed by atoms with Gasteiger partial charge >= 0.3 is 0 Å². The van der Waals surface area contributed by atoms with Crippen molar-refractivity contribution in [2.24, 2.45) is 7.05 Å². The molecule has 0 bridgehead atoms. The SMILES string of the molecule is CSc1nc2n(n1)[C@@H](c1cn(C)nc1C)C1=C(CCCC1=O)N2. The molecule has 0 saturated carbocycles. The average Bonchev–Trinajstić information content (AvgIpc) is 3.07. The van der Waals surface area contributed by atoms with Gasteiger partial charge in [0, 0.05) is 36.5 Å². The van der Waals surface area contributed by atoms with Crippen LogP contribution in [0.2, 0.25) is 0 Å². The number of ketones is 1. The van der Waals surface area contributed by atoms with Gasteiger partial charge < -0.3 is 5.32 Å². The number of fused-ring (bicyclic) bond motifs is 1. The minimum atomic E-state index is -0.240. The highest BCUT2D eigenvalue weighted by Crippen LogP contribution is 2.41. The molecule has 3 heterocycles. The minimum Gasteiger partial charge on any atom is -0.328 e. The van der Waals surface area contributed by atoms with Crippen molar-refractivity contribution in [2.45, 2.75) is 37.4 Å². The van der Waals surface area contributed by atoms with Crippen LogP contribution in [-0.2, 0) is 11.8 Å². The molecule has 1 N–H and O–H groups in total. The molecule has 0 unspecified atom stereocenters. The first kappa shape index (κ1) is 14.5. The Balaban J connectivity index is 1.94. The number of rotatable bonds is 2. The van der Waals surface area contributed by atoms with Crippen molar-refractivity contribution in [2.75, 3.05) is 11.6 Å². The maximum absolute atomic E-state index is 12.6. The van der Waals surface area contributed by atoms with Gasteiger partial charge in [-0.15, -0.1) is 5.10 Å². The molecule has 23 heavy (non-hydrogen) atoms. The van der Waals surface area contributed by atoms with Gasteiger partial charge in [0.15, 0.2) is 5.78 Å². The predicted molar refractivity (Wildman–Crippen MR) is 87.4 cm³/mol. The predicted octanol–water partition coefficient (Wildman–Crippen LogP) is 2.06. The summed E-state index contributed by atoms with van der Waals surface area (Å²) in [6.45, 7) is 1.97. The van der Waals surface area contributed by atoms with Crippen molar-refractivity contribution in [3.63, 3.8) is 0 Å². The van der Waals surface area contributed by atoms with E-state index in [1.54, 1.807) is 4.68 Å². The second-order valence-electron chi connectivity index (χ2n) is 5.91. The number of allylic oxidation sites excluding steroid dienone is 2. The fourth-order valence-electron chi connectivity index (χ4n) is 3.40. The van der Waals surface area contributed by atoms with Crippen molar-refractivity contribution >= 4 is 23.5 Å². The van der Waals surface area contributed by atoms with E-state index in [4.69, 9.17) is 0 Å². The Hall–Kier alpha value is -2.09. The molecule has 2 aliphatic rings. The number of nitrogens with one attached hydrogen (secondary N) is 1. The van der Waals surface area contributed by atoms with Gasteiger partial charge in [-0.1, -0.05) is 11.8 Å². The highest BCUT2D eigenvalue weighted by Gasteiger charge is 2.38. The molecule has 1 atom stereocenters. The number of hydrogen-bond acceptors (Lipinski definition) is 6. The monoisotopic (exact) mass is 330 g/mol. The molecule has 0 amide bonds. The summed E-state index contributed by atoms with van der Waals surface area (Å²) >= 11 is 1.50. The van der Waals surface area contributed by atoms with E-state index >= 15 is 0 Å². The first-order valence-electron chi connectivity index (χ1n) is 7.62. The van der Waals surface area contributed by atoms with Crippen LogP contribution in [0.3, 0.4) is 0 Å². The Morgan fingerprint density at radius 3 is 2.87 bits per heavy atom. The number of hydrogen-bond donors (Lipinski definition) is 1. The average molecular weight is 330 g/mol. The molecule has 0 spiro atoms. The van der Waals surface area contributed by atoms with Gasteiger partial charge in [0.25, 0.3) is 0 Å². The zero-order valence-corrected chi connectivity index (χ0v) is 14.1. The van der Waals surface area contributed by atoms with E-state index in [0.717, 1.165) is 35.4 Å². The molecule has 0 aromatic carbocycles. The fourth-order valence-corrected chi connectivity index (χ4v) is 3.74. The number of carbonyl (C=O) groups excluding carboxylic acids is 1. The van der Waals surface area contributed by atoms with Gasteiger partial charge in [0.2, 0.25) is 11.1 Å². The number of nitrogens with zero attached hydrogens (tertiary/aromatic N) is 5. The zero-order valence-electron chi connectivity index (χ0n) is 13.3. The summed E-state index contributed by atoms with van der Waals surface area (Å²) in [5.41, 5.74) is 3.73. The van der Waals surface area contributed by atoms with Crippen LogP contribution in [-0.4, -0.2) is 36.6 Å². The van der Waals surface area contributed by atoms with E-state index in [1.807, 2.05) is 31.1 Å². The molecule has 1 aliphatic heterocycles. The van der Waals surface area contributed by atoms with Crippen molar-refractivity contribution in [1.29, 1.82) is 0 Å². The van der Waals surface area contributed by atoms with Crippen molar-refractivity contribution in [3.05, 3.63) is 28.7 Å². The molecule has 2 aromatic heterocycles. The summed E-state index contributed by atoms with van der Waals surface area (Å²) in [6.07, 6.45) is 6.27. The molecule has 0 fully saturated rings. The largest absolute Gasteiger partial charge is 0.328 e. The molecule has 2 aromatic rings. The van der Waals surface area contributed by atoms with Gasteiger partial charge in [-0.2, -0.15) is 10.1 Å². The van der Waals surface area contributed by atoms with Crippen molar-refractivity contribution < 1.29 is 4.79 Å². The summed E-state index contributed by atoms with van der Waals surface area (Å²) < 4.78 is 3.62. The quantitative estimate of drug-likeness (QED) is 0.849. The van der Waals surface area contributed by atoms with Crippen LogP contribution >= 0.6 is 11.8 Å². The van der Waals surface area contributed by atoms with E-state index in [2.05, 4.69) is 20.5 Å². The van der Waals surface area contributed by atoms with E-state index in [1.165, 1.54) is 11.8 Å². The number of anilines is 1. The highest BCUT2D eigenvalue weighted by molar-refractivity contribution is 7.98. The molecule has 120 valence electrons. The van der Waals surface area contributed by atoms with Crippen LogP contribution in [0, 0.1) is 6.92 Å². The van der Waals surface area contributed by atoms with Crippen LogP contribution < -0.4 is 5.32 Å². The first-order chi connectivity index (χ1) is 11.1. The Morgan fingerprint density at radius 1 is 1.35 bits per heavy atom. The molecule has 1 aliphatic carbocycles. The normalized spacial score (nSPS) is 20.3. The highest BCUT2D eigenvalue weighted by atomic mass is 32.2. The maximum atomic E-state index is 12.6. The second-order valence-corrected chi connectivity index (χ2v) is 6.68. The standard InChI is InChI=1S/C15H18N6OS/c1-8-9(7-20(2)18-8)13-12-10(5-4-6-11(12)22)16-14-17-15(23-3)19-21(13)14/h7,13H,4-6H2,1-3H3,(H,16,17,19)/t13-/m0/s1. The summed E-state index contributed by atoms with van der Waals surface area (Å²) in [5.74, 6) is 0.898. The summed E-state index contributed by atoms with van der Waals surface area (Å²) in [4.78, 5) is 17.2. The molecule has 8 heteroatoms. The smallest absolute Gasteiger partial charge is 0.227 e.